The van der Waals surface area contributed by atoms with Crippen LogP contribution in [0.25, 0.3) is 0 Å². The summed E-state index contributed by atoms with van der Waals surface area (Å²) >= 11 is 0. The van der Waals surface area contributed by atoms with Gasteiger partial charge in [-0.1, -0.05) is 0 Å². The Balaban J connectivity index is 1.63. The number of nitrogens with zero attached hydrogens (tertiary/aromatic N) is 3. The molecule has 1 aromatic rings. The lowest BCUT2D eigenvalue weighted by molar-refractivity contribution is -0.140. The van der Waals surface area contributed by atoms with Crippen LogP contribution < -0.4 is 0 Å². The number of carbonyl (C=O) groups is 1. The first-order valence-electron chi connectivity index (χ1n) is 8.41. The third kappa shape index (κ3) is 3.85. The number of rotatable bonds is 2. The van der Waals surface area contributed by atoms with Gasteiger partial charge in [-0.25, -0.2) is 18.7 Å². The SMILES string of the molecule is Cc1nccc([C@H]2CCCN(C(=O)C3CCC(F)(F)CC3)C2)n1. The number of aromatic nitrogens is 2. The van der Waals surface area contributed by atoms with Crippen molar-refractivity contribution in [2.45, 2.75) is 57.3 Å². The van der Waals surface area contributed by atoms with Crippen LogP contribution >= 0.6 is 0 Å². The molecular formula is C17H23F2N3O. The minimum absolute atomic E-state index is 0.0518. The summed E-state index contributed by atoms with van der Waals surface area (Å²) in [5, 5.41) is 0. The summed E-state index contributed by atoms with van der Waals surface area (Å²) in [5.74, 6) is -1.81. The van der Waals surface area contributed by atoms with Gasteiger partial charge in [0.25, 0.3) is 0 Å². The number of hydrogen-bond acceptors (Lipinski definition) is 3. The van der Waals surface area contributed by atoms with Crippen LogP contribution in [0.15, 0.2) is 12.3 Å². The number of alkyl halides is 2. The van der Waals surface area contributed by atoms with Crippen molar-refractivity contribution in [2.75, 3.05) is 13.1 Å². The fourth-order valence-electron chi connectivity index (χ4n) is 3.67. The molecule has 2 heterocycles. The summed E-state index contributed by atoms with van der Waals surface area (Å²) in [7, 11) is 0. The predicted molar refractivity (Wildman–Crippen MR) is 82.2 cm³/mol. The van der Waals surface area contributed by atoms with E-state index < -0.39 is 5.92 Å². The van der Waals surface area contributed by atoms with Gasteiger partial charge in [-0.05, 0) is 38.7 Å². The zero-order valence-electron chi connectivity index (χ0n) is 13.5. The van der Waals surface area contributed by atoms with Crippen LogP contribution in [0.1, 0.15) is 56.0 Å². The van der Waals surface area contributed by atoms with Gasteiger partial charge in [-0.3, -0.25) is 4.79 Å². The molecule has 3 rings (SSSR count). The Morgan fingerprint density at radius 2 is 2.04 bits per heavy atom. The first-order chi connectivity index (χ1) is 10.9. The van der Waals surface area contributed by atoms with Gasteiger partial charge in [0.1, 0.15) is 5.82 Å². The number of hydrogen-bond donors (Lipinski definition) is 0. The monoisotopic (exact) mass is 323 g/mol. The Morgan fingerprint density at radius 1 is 1.30 bits per heavy atom. The Labute approximate surface area is 135 Å². The average Bonchev–Trinajstić information content (AvgIpc) is 2.54. The molecule has 4 nitrogen and oxygen atoms in total. The molecule has 2 aliphatic rings. The zero-order chi connectivity index (χ0) is 16.4. The molecule has 1 atom stereocenters. The van der Waals surface area contributed by atoms with Crippen molar-refractivity contribution in [1.82, 2.24) is 14.9 Å². The predicted octanol–water partition coefficient (Wildman–Crippen LogP) is 3.32. The molecule has 1 aliphatic carbocycles. The highest BCUT2D eigenvalue weighted by Gasteiger charge is 2.39. The second kappa shape index (κ2) is 6.49. The molecule has 0 aromatic carbocycles. The summed E-state index contributed by atoms with van der Waals surface area (Å²) in [6, 6.07) is 1.91. The molecule has 1 aromatic heterocycles. The molecule has 1 aliphatic heterocycles. The number of piperidine rings is 1. The highest BCUT2D eigenvalue weighted by Crippen LogP contribution is 2.37. The third-order valence-corrected chi connectivity index (χ3v) is 5.02. The molecule has 0 N–H and O–H groups in total. The minimum Gasteiger partial charge on any atom is -0.342 e. The van der Waals surface area contributed by atoms with E-state index in [-0.39, 0.29) is 30.6 Å². The van der Waals surface area contributed by atoms with Gasteiger partial charge in [0.05, 0.1) is 0 Å². The van der Waals surface area contributed by atoms with Crippen molar-refractivity contribution in [3.8, 4) is 0 Å². The van der Waals surface area contributed by atoms with E-state index in [4.69, 9.17) is 0 Å². The largest absolute Gasteiger partial charge is 0.342 e. The Bertz CT molecular complexity index is 569. The number of amides is 1. The molecule has 2 fully saturated rings. The lowest BCUT2D eigenvalue weighted by Gasteiger charge is -2.36. The summed E-state index contributed by atoms with van der Waals surface area (Å²) in [6.45, 7) is 3.23. The lowest BCUT2D eigenvalue weighted by Crippen LogP contribution is -2.44. The first-order valence-corrected chi connectivity index (χ1v) is 8.41. The highest BCUT2D eigenvalue weighted by atomic mass is 19.3. The van der Waals surface area contributed by atoms with E-state index in [0.29, 0.717) is 19.4 Å². The Kier molecular flexibility index (Phi) is 4.60. The topological polar surface area (TPSA) is 46.1 Å². The zero-order valence-corrected chi connectivity index (χ0v) is 13.5. The van der Waals surface area contributed by atoms with Crippen molar-refractivity contribution in [3.05, 3.63) is 23.8 Å². The summed E-state index contributed by atoms with van der Waals surface area (Å²) in [5.41, 5.74) is 0.977. The molecule has 126 valence electrons. The highest BCUT2D eigenvalue weighted by molar-refractivity contribution is 5.79. The molecule has 0 radical (unpaired) electrons. The first kappa shape index (κ1) is 16.3. The van der Waals surface area contributed by atoms with Crippen molar-refractivity contribution in [3.63, 3.8) is 0 Å². The number of halogens is 2. The summed E-state index contributed by atoms with van der Waals surface area (Å²) in [6.07, 6.45) is 3.98. The van der Waals surface area contributed by atoms with E-state index in [0.717, 1.165) is 30.9 Å². The van der Waals surface area contributed by atoms with Crippen LogP contribution in [-0.2, 0) is 4.79 Å². The molecule has 1 saturated heterocycles. The van der Waals surface area contributed by atoms with E-state index in [9.17, 15) is 13.6 Å². The fraction of sp³-hybridized carbons (Fsp3) is 0.706. The van der Waals surface area contributed by atoms with E-state index >= 15 is 0 Å². The summed E-state index contributed by atoms with van der Waals surface area (Å²) in [4.78, 5) is 23.1. The smallest absolute Gasteiger partial charge is 0.248 e. The average molecular weight is 323 g/mol. The Morgan fingerprint density at radius 3 is 2.74 bits per heavy atom. The van der Waals surface area contributed by atoms with Gasteiger partial charge in [0, 0.05) is 49.7 Å². The quantitative estimate of drug-likeness (QED) is 0.839. The standard InChI is InChI=1S/C17H23F2N3O/c1-12-20-9-6-15(21-12)14-3-2-10-22(11-14)16(23)13-4-7-17(18,19)8-5-13/h6,9,13-14H,2-5,7-8,10-11H2,1H3/t14-/m0/s1. The van der Waals surface area contributed by atoms with E-state index in [2.05, 4.69) is 9.97 Å². The van der Waals surface area contributed by atoms with Crippen LogP contribution in [-0.4, -0.2) is 39.8 Å². The maximum absolute atomic E-state index is 13.3. The van der Waals surface area contributed by atoms with Gasteiger partial charge in [-0.15, -0.1) is 0 Å². The second-order valence-corrected chi connectivity index (χ2v) is 6.78. The van der Waals surface area contributed by atoms with Crippen molar-refractivity contribution < 1.29 is 13.6 Å². The maximum Gasteiger partial charge on any atom is 0.248 e. The third-order valence-electron chi connectivity index (χ3n) is 5.02. The molecule has 0 spiro atoms. The lowest BCUT2D eigenvalue weighted by atomic mass is 9.85. The number of likely N-dealkylation sites (tertiary alicyclic amines) is 1. The fourth-order valence-corrected chi connectivity index (χ4v) is 3.67. The molecule has 23 heavy (non-hydrogen) atoms. The minimum atomic E-state index is -2.58. The van der Waals surface area contributed by atoms with Gasteiger partial charge in [-0.2, -0.15) is 0 Å². The van der Waals surface area contributed by atoms with Crippen LogP contribution in [0.2, 0.25) is 0 Å². The van der Waals surface area contributed by atoms with Gasteiger partial charge in [0.2, 0.25) is 11.8 Å². The number of carbonyl (C=O) groups excluding carboxylic acids is 1. The molecule has 0 unspecified atom stereocenters. The van der Waals surface area contributed by atoms with Crippen LogP contribution in [0, 0.1) is 12.8 Å². The van der Waals surface area contributed by atoms with Crippen molar-refractivity contribution in [1.29, 1.82) is 0 Å². The van der Waals surface area contributed by atoms with Crippen molar-refractivity contribution >= 4 is 5.91 Å². The number of aryl methyl sites for hydroxylation is 1. The van der Waals surface area contributed by atoms with E-state index in [1.807, 2.05) is 17.9 Å². The summed E-state index contributed by atoms with van der Waals surface area (Å²) < 4.78 is 26.5. The molecule has 1 saturated carbocycles. The van der Waals surface area contributed by atoms with Crippen LogP contribution in [0.3, 0.4) is 0 Å². The second-order valence-electron chi connectivity index (χ2n) is 6.78. The molecule has 0 bridgehead atoms. The molecule has 6 heteroatoms. The van der Waals surface area contributed by atoms with Crippen LogP contribution in [0.5, 0.6) is 0 Å². The van der Waals surface area contributed by atoms with Gasteiger partial charge < -0.3 is 4.90 Å². The van der Waals surface area contributed by atoms with E-state index in [1.165, 1.54) is 0 Å². The Hall–Kier alpha value is -1.59. The van der Waals surface area contributed by atoms with Gasteiger partial charge >= 0.3 is 0 Å². The normalized spacial score (nSPS) is 25.3. The van der Waals surface area contributed by atoms with Crippen molar-refractivity contribution in [2.24, 2.45) is 5.92 Å². The molecular weight excluding hydrogens is 300 g/mol. The van der Waals surface area contributed by atoms with Gasteiger partial charge in [0.15, 0.2) is 0 Å². The van der Waals surface area contributed by atoms with E-state index in [1.54, 1.807) is 6.20 Å². The maximum atomic E-state index is 13.3. The molecule has 1 amide bonds. The van der Waals surface area contributed by atoms with Crippen LogP contribution in [0.4, 0.5) is 8.78 Å².